The first kappa shape index (κ1) is 17.9. The predicted molar refractivity (Wildman–Crippen MR) is 81.2 cm³/mol. The molecule has 1 aromatic heterocycles. The van der Waals surface area contributed by atoms with Gasteiger partial charge < -0.3 is 15.1 Å². The Kier molecular flexibility index (Phi) is 5.91. The van der Waals surface area contributed by atoms with Gasteiger partial charge in [0.25, 0.3) is 5.91 Å². The molecule has 0 radical (unpaired) electrons. The highest BCUT2D eigenvalue weighted by Gasteiger charge is 2.29. The summed E-state index contributed by atoms with van der Waals surface area (Å²) in [5, 5.41) is 4.94. The standard InChI is InChI=1S/C15H13F3N2O3S/c16-15(17,18)24-12-5-3-10(4-6-12)14(22)20-9-13(21)19-8-11-2-1-7-23-11/h1-7H,8-9H2,(H,19,21)(H,20,22). The highest BCUT2D eigenvalue weighted by Crippen LogP contribution is 2.36. The fourth-order valence-electron chi connectivity index (χ4n) is 1.73. The molecule has 1 aromatic carbocycles. The van der Waals surface area contributed by atoms with Crippen molar-refractivity contribution in [3.8, 4) is 0 Å². The van der Waals surface area contributed by atoms with Crippen molar-refractivity contribution in [2.45, 2.75) is 16.9 Å². The van der Waals surface area contributed by atoms with E-state index in [9.17, 15) is 22.8 Å². The molecule has 2 amide bonds. The van der Waals surface area contributed by atoms with Gasteiger partial charge in [-0.1, -0.05) is 0 Å². The summed E-state index contributed by atoms with van der Waals surface area (Å²) in [5.41, 5.74) is -4.21. The zero-order valence-electron chi connectivity index (χ0n) is 12.2. The number of halogens is 3. The van der Waals surface area contributed by atoms with Crippen LogP contribution in [0.25, 0.3) is 0 Å². The van der Waals surface area contributed by atoms with Gasteiger partial charge in [-0.15, -0.1) is 0 Å². The van der Waals surface area contributed by atoms with Gasteiger partial charge in [0.1, 0.15) is 5.76 Å². The number of hydrogen-bond donors (Lipinski definition) is 2. The van der Waals surface area contributed by atoms with Gasteiger partial charge in [-0.3, -0.25) is 9.59 Å². The Morgan fingerprint density at radius 3 is 2.38 bits per heavy atom. The summed E-state index contributed by atoms with van der Waals surface area (Å²) in [6.45, 7) is -0.0519. The number of hydrogen-bond acceptors (Lipinski definition) is 4. The topological polar surface area (TPSA) is 71.3 Å². The molecule has 0 bridgehead atoms. The molecule has 5 nitrogen and oxygen atoms in total. The minimum absolute atomic E-state index is 0.0183. The minimum atomic E-state index is -4.38. The lowest BCUT2D eigenvalue weighted by atomic mass is 10.2. The van der Waals surface area contributed by atoms with Crippen LogP contribution in [0.15, 0.2) is 52.0 Å². The molecule has 0 aliphatic carbocycles. The Hall–Kier alpha value is -2.42. The number of nitrogens with one attached hydrogen (secondary N) is 2. The second kappa shape index (κ2) is 7.91. The third kappa shape index (κ3) is 5.99. The zero-order chi connectivity index (χ0) is 17.6. The van der Waals surface area contributed by atoms with Gasteiger partial charge >= 0.3 is 5.51 Å². The van der Waals surface area contributed by atoms with Crippen LogP contribution in [0.5, 0.6) is 0 Å². The molecule has 0 atom stereocenters. The number of carbonyl (C=O) groups is 2. The monoisotopic (exact) mass is 358 g/mol. The van der Waals surface area contributed by atoms with Crippen LogP contribution in [0.3, 0.4) is 0 Å². The maximum Gasteiger partial charge on any atom is 0.446 e. The van der Waals surface area contributed by atoms with Crippen molar-refractivity contribution >= 4 is 23.6 Å². The summed E-state index contributed by atoms with van der Waals surface area (Å²) in [6.07, 6.45) is 1.48. The molecule has 2 N–H and O–H groups in total. The Bertz CT molecular complexity index is 685. The molecule has 0 saturated carbocycles. The zero-order valence-corrected chi connectivity index (χ0v) is 13.0. The highest BCUT2D eigenvalue weighted by molar-refractivity contribution is 8.00. The van der Waals surface area contributed by atoms with Gasteiger partial charge in [-0.25, -0.2) is 0 Å². The van der Waals surface area contributed by atoms with E-state index in [2.05, 4.69) is 10.6 Å². The first-order chi connectivity index (χ1) is 11.3. The average molecular weight is 358 g/mol. The number of thioether (sulfide) groups is 1. The predicted octanol–water partition coefficient (Wildman–Crippen LogP) is 2.94. The number of furan rings is 1. The van der Waals surface area contributed by atoms with E-state index in [0.29, 0.717) is 5.76 Å². The smallest absolute Gasteiger partial charge is 0.446 e. The second-order valence-corrected chi connectivity index (χ2v) is 5.75. The Morgan fingerprint density at radius 1 is 1.08 bits per heavy atom. The van der Waals surface area contributed by atoms with Crippen LogP contribution in [0.2, 0.25) is 0 Å². The molecule has 9 heteroatoms. The van der Waals surface area contributed by atoms with E-state index in [1.54, 1.807) is 12.1 Å². The van der Waals surface area contributed by atoms with Crippen molar-refractivity contribution in [1.82, 2.24) is 10.6 Å². The first-order valence-corrected chi connectivity index (χ1v) is 7.58. The van der Waals surface area contributed by atoms with E-state index >= 15 is 0 Å². The summed E-state index contributed by atoms with van der Waals surface area (Å²) < 4.78 is 41.7. The quantitative estimate of drug-likeness (QED) is 0.779. The molecule has 2 aromatic rings. The molecular formula is C15H13F3N2O3S. The number of benzene rings is 1. The molecule has 128 valence electrons. The third-order valence-corrected chi connectivity index (χ3v) is 3.54. The van der Waals surface area contributed by atoms with Gasteiger partial charge in [0.05, 0.1) is 19.4 Å². The first-order valence-electron chi connectivity index (χ1n) is 6.76. The normalized spacial score (nSPS) is 11.1. The maximum atomic E-state index is 12.2. The lowest BCUT2D eigenvalue weighted by Gasteiger charge is -2.08. The molecule has 2 rings (SSSR count). The van der Waals surface area contributed by atoms with Gasteiger partial charge in [0, 0.05) is 10.5 Å². The Labute approximate surface area is 139 Å². The molecule has 0 aliphatic rings. The van der Waals surface area contributed by atoms with Crippen LogP contribution in [0.4, 0.5) is 13.2 Å². The second-order valence-electron chi connectivity index (χ2n) is 4.61. The van der Waals surface area contributed by atoms with E-state index in [4.69, 9.17) is 4.42 Å². The summed E-state index contributed by atoms with van der Waals surface area (Å²) >= 11 is -0.260. The molecule has 0 aliphatic heterocycles. The average Bonchev–Trinajstić information content (AvgIpc) is 3.03. The van der Waals surface area contributed by atoms with E-state index in [1.807, 2.05) is 0 Å². The summed E-state index contributed by atoms with van der Waals surface area (Å²) in [5.74, 6) is -0.386. The van der Waals surface area contributed by atoms with Gasteiger partial charge in [-0.05, 0) is 48.2 Å². The molecule has 0 saturated heterocycles. The fourth-order valence-corrected chi connectivity index (χ4v) is 2.27. The SMILES string of the molecule is O=C(CNC(=O)c1ccc(SC(F)(F)F)cc1)NCc1ccco1. The van der Waals surface area contributed by atoms with E-state index < -0.39 is 17.3 Å². The van der Waals surface area contributed by atoms with Crippen LogP contribution in [0.1, 0.15) is 16.1 Å². The molecule has 1 heterocycles. The van der Waals surface area contributed by atoms with E-state index in [1.165, 1.54) is 30.5 Å². The van der Waals surface area contributed by atoms with Crippen molar-refractivity contribution < 1.29 is 27.2 Å². The van der Waals surface area contributed by atoms with Crippen molar-refractivity contribution in [2.24, 2.45) is 0 Å². The van der Waals surface area contributed by atoms with Crippen molar-refractivity contribution in [3.05, 3.63) is 54.0 Å². The van der Waals surface area contributed by atoms with E-state index in [0.717, 1.165) is 0 Å². The minimum Gasteiger partial charge on any atom is -0.467 e. The maximum absolute atomic E-state index is 12.2. The van der Waals surface area contributed by atoms with Crippen LogP contribution in [-0.4, -0.2) is 23.9 Å². The molecule has 0 unspecified atom stereocenters. The number of alkyl halides is 3. The summed E-state index contributed by atoms with van der Waals surface area (Å²) in [6, 6.07) is 8.31. The fraction of sp³-hybridized carbons (Fsp3) is 0.200. The molecule has 24 heavy (non-hydrogen) atoms. The lowest BCUT2D eigenvalue weighted by Crippen LogP contribution is -2.36. The number of rotatable bonds is 6. The van der Waals surface area contributed by atoms with Gasteiger partial charge in [0.15, 0.2) is 0 Å². The van der Waals surface area contributed by atoms with Crippen molar-refractivity contribution in [2.75, 3.05) is 6.54 Å². The van der Waals surface area contributed by atoms with Crippen LogP contribution < -0.4 is 10.6 Å². The van der Waals surface area contributed by atoms with Crippen LogP contribution >= 0.6 is 11.8 Å². The third-order valence-electron chi connectivity index (χ3n) is 2.80. The molecular weight excluding hydrogens is 345 g/mol. The van der Waals surface area contributed by atoms with Gasteiger partial charge in [-0.2, -0.15) is 13.2 Å². The molecule has 0 spiro atoms. The Morgan fingerprint density at radius 2 is 1.79 bits per heavy atom. The summed E-state index contributed by atoms with van der Waals surface area (Å²) in [7, 11) is 0. The highest BCUT2D eigenvalue weighted by atomic mass is 32.2. The lowest BCUT2D eigenvalue weighted by molar-refractivity contribution is -0.120. The van der Waals surface area contributed by atoms with Crippen LogP contribution in [-0.2, 0) is 11.3 Å². The van der Waals surface area contributed by atoms with Gasteiger partial charge in [0.2, 0.25) is 5.91 Å². The van der Waals surface area contributed by atoms with Crippen molar-refractivity contribution in [3.63, 3.8) is 0 Å². The number of amides is 2. The summed E-state index contributed by atoms with van der Waals surface area (Å²) in [4.78, 5) is 23.4. The van der Waals surface area contributed by atoms with E-state index in [-0.39, 0.29) is 35.3 Å². The number of carbonyl (C=O) groups excluding carboxylic acids is 2. The molecule has 0 fully saturated rings. The van der Waals surface area contributed by atoms with Crippen LogP contribution in [0, 0.1) is 0 Å². The van der Waals surface area contributed by atoms with Crippen molar-refractivity contribution in [1.29, 1.82) is 0 Å². The Balaban J connectivity index is 1.78. The largest absolute Gasteiger partial charge is 0.467 e.